The van der Waals surface area contributed by atoms with Crippen LogP contribution in [0.3, 0.4) is 0 Å². The Morgan fingerprint density at radius 1 is 1.06 bits per heavy atom. The van der Waals surface area contributed by atoms with Crippen LogP contribution in [0.5, 0.6) is 5.88 Å². The smallest absolute Gasteiger partial charge is 0.335 e. The van der Waals surface area contributed by atoms with Crippen molar-refractivity contribution in [3.63, 3.8) is 0 Å². The quantitative estimate of drug-likeness (QED) is 0.201. The van der Waals surface area contributed by atoms with E-state index in [9.17, 15) is 15.0 Å². The average molecular weight is 499 g/mol. The maximum atomic E-state index is 11.3. The van der Waals surface area contributed by atoms with E-state index in [2.05, 4.69) is 30.4 Å². The van der Waals surface area contributed by atoms with Gasteiger partial charge >= 0.3 is 5.97 Å². The van der Waals surface area contributed by atoms with Gasteiger partial charge in [0.15, 0.2) is 5.11 Å². The molecule has 0 amide bonds. The highest BCUT2D eigenvalue weighted by Gasteiger charge is 2.24. The lowest BCUT2D eigenvalue weighted by Crippen LogP contribution is -2.36. The summed E-state index contributed by atoms with van der Waals surface area (Å²) in [6.07, 6.45) is 0.700. The number of aromatic carboxylic acids is 1. The summed E-state index contributed by atoms with van der Waals surface area (Å²) in [5.74, 6) is -0.835. The zero-order valence-electron chi connectivity index (χ0n) is 20.2. The number of nitrogens with zero attached hydrogens (tertiary/aromatic N) is 3. The van der Waals surface area contributed by atoms with Crippen molar-refractivity contribution in [2.45, 2.75) is 27.2 Å². The largest absolute Gasteiger partial charge is 0.494 e. The van der Waals surface area contributed by atoms with E-state index < -0.39 is 5.97 Å². The molecule has 7 nitrogen and oxygen atoms in total. The number of carboxylic acids is 1. The first kappa shape index (κ1) is 23.6. The molecule has 1 aromatic heterocycles. The number of carboxylic acid groups (broad SMARTS) is 1. The summed E-state index contributed by atoms with van der Waals surface area (Å²) >= 11 is 5.60. The van der Waals surface area contributed by atoms with Crippen molar-refractivity contribution in [3.8, 4) is 11.6 Å². The monoisotopic (exact) mass is 498 g/mol. The molecule has 0 unspecified atom stereocenters. The lowest BCUT2D eigenvalue weighted by Gasteiger charge is -2.19. The highest BCUT2D eigenvalue weighted by atomic mass is 32.1. The predicted octanol–water partition coefficient (Wildman–Crippen LogP) is 5.31. The molecule has 1 aliphatic heterocycles. The van der Waals surface area contributed by atoms with E-state index in [1.54, 1.807) is 18.2 Å². The maximum absolute atomic E-state index is 11.3. The van der Waals surface area contributed by atoms with Crippen LogP contribution in [-0.2, 0) is 6.42 Å². The topological polar surface area (TPSA) is 90.1 Å². The second kappa shape index (κ2) is 9.13. The molecule has 0 atom stereocenters. The molecule has 8 heteroatoms. The van der Waals surface area contributed by atoms with Crippen LogP contribution < -0.4 is 10.3 Å². The van der Waals surface area contributed by atoms with Crippen LogP contribution in [0.25, 0.3) is 16.6 Å². The summed E-state index contributed by atoms with van der Waals surface area (Å²) in [5, 5.41) is 26.4. The highest BCUT2D eigenvalue weighted by molar-refractivity contribution is 7.80. The van der Waals surface area contributed by atoms with Crippen LogP contribution in [-0.4, -0.2) is 38.1 Å². The van der Waals surface area contributed by atoms with Gasteiger partial charge in [0.25, 0.3) is 0 Å². The number of hydrogen-bond acceptors (Lipinski definition) is 4. The third kappa shape index (κ3) is 3.99. The van der Waals surface area contributed by atoms with E-state index in [1.807, 2.05) is 52.8 Å². The first-order valence-corrected chi connectivity index (χ1v) is 12.1. The van der Waals surface area contributed by atoms with Crippen LogP contribution in [0.2, 0.25) is 0 Å². The fourth-order valence-corrected chi connectivity index (χ4v) is 4.94. The third-order valence-electron chi connectivity index (χ3n) is 6.75. The van der Waals surface area contributed by atoms with Gasteiger partial charge in [-0.2, -0.15) is 5.10 Å². The number of hydrogen-bond donors (Lipinski definition) is 3. The minimum atomic E-state index is -0.947. The number of nitrogens with one attached hydrogen (secondary N) is 1. The molecule has 36 heavy (non-hydrogen) atoms. The molecular weight excluding hydrogens is 472 g/mol. The molecule has 3 N–H and O–H groups in total. The molecule has 0 aliphatic carbocycles. The van der Waals surface area contributed by atoms with Crippen molar-refractivity contribution in [2.24, 2.45) is 5.10 Å². The molecule has 0 saturated carbocycles. The lowest BCUT2D eigenvalue weighted by atomic mass is 10.1. The van der Waals surface area contributed by atoms with Crippen molar-refractivity contribution in [3.05, 3.63) is 88.5 Å². The number of aryl methyl sites for hydroxylation is 2. The van der Waals surface area contributed by atoms with Gasteiger partial charge in [-0.15, -0.1) is 0 Å². The number of hydrazone groups is 1. The van der Waals surface area contributed by atoms with Gasteiger partial charge < -0.3 is 15.1 Å². The number of aromatic nitrogens is 1. The molecule has 0 spiro atoms. The first-order chi connectivity index (χ1) is 17.3. The van der Waals surface area contributed by atoms with E-state index in [1.165, 1.54) is 5.56 Å². The van der Waals surface area contributed by atoms with Gasteiger partial charge in [0.2, 0.25) is 5.88 Å². The summed E-state index contributed by atoms with van der Waals surface area (Å²) in [7, 11) is 0. The molecule has 5 rings (SSSR count). The van der Waals surface area contributed by atoms with E-state index in [-0.39, 0.29) is 11.4 Å². The van der Waals surface area contributed by atoms with E-state index >= 15 is 0 Å². The molecule has 0 bridgehead atoms. The molecule has 4 aromatic rings. The molecule has 182 valence electrons. The number of carbonyl (C=O) groups is 1. The molecule has 0 saturated heterocycles. The van der Waals surface area contributed by atoms with Crippen LogP contribution in [0.4, 0.5) is 5.69 Å². The molecule has 0 radical (unpaired) electrons. The standard InChI is InChI=1S/C28H26N4O3S/c1-16-8-10-21(14-17(16)2)32-24-7-5-4-6-22(24)25(26(32)33)18(3)29-30-28(36)31-13-12-19-15-20(27(34)35)9-11-23(19)31/h4-11,14-15,33H,12-13H2,1-3H3,(H,30,36)(H,34,35)/b29-18+. The van der Waals surface area contributed by atoms with Crippen LogP contribution in [0.15, 0.2) is 65.8 Å². The average Bonchev–Trinajstić information content (AvgIpc) is 3.42. The zero-order chi connectivity index (χ0) is 25.6. The first-order valence-electron chi connectivity index (χ1n) is 11.6. The fraction of sp³-hybridized carbons (Fsp3) is 0.179. The second-order valence-corrected chi connectivity index (χ2v) is 9.37. The molecule has 3 aromatic carbocycles. The molecule has 2 heterocycles. The minimum absolute atomic E-state index is 0.112. The zero-order valence-corrected chi connectivity index (χ0v) is 21.1. The van der Waals surface area contributed by atoms with Gasteiger partial charge in [0.1, 0.15) is 0 Å². The summed E-state index contributed by atoms with van der Waals surface area (Å²) in [6, 6.07) is 19.0. The fourth-order valence-electron chi connectivity index (χ4n) is 4.70. The Balaban J connectivity index is 1.47. The lowest BCUT2D eigenvalue weighted by molar-refractivity contribution is 0.0697. The van der Waals surface area contributed by atoms with Crippen molar-refractivity contribution in [2.75, 3.05) is 11.4 Å². The van der Waals surface area contributed by atoms with Crippen molar-refractivity contribution >= 4 is 45.6 Å². The Kier molecular flexibility index (Phi) is 5.97. The van der Waals surface area contributed by atoms with Crippen LogP contribution in [0.1, 0.15) is 39.5 Å². The number of benzene rings is 3. The number of thiocarbonyl (C=S) groups is 1. The van der Waals surface area contributed by atoms with Crippen LogP contribution in [0, 0.1) is 13.8 Å². The van der Waals surface area contributed by atoms with Gasteiger partial charge in [-0.25, -0.2) is 4.79 Å². The van der Waals surface area contributed by atoms with Gasteiger partial charge in [0.05, 0.1) is 22.4 Å². The Hall–Kier alpha value is -4.17. The Labute approximate surface area is 214 Å². The van der Waals surface area contributed by atoms with Crippen LogP contribution >= 0.6 is 12.2 Å². The molecule has 0 fully saturated rings. The number of anilines is 1. The number of rotatable bonds is 4. The normalized spacial score (nSPS) is 13.2. The summed E-state index contributed by atoms with van der Waals surface area (Å²) in [4.78, 5) is 13.2. The highest BCUT2D eigenvalue weighted by Crippen LogP contribution is 2.35. The Morgan fingerprint density at radius 2 is 1.83 bits per heavy atom. The van der Waals surface area contributed by atoms with Gasteiger partial charge in [0, 0.05) is 23.3 Å². The Morgan fingerprint density at radius 3 is 2.58 bits per heavy atom. The van der Waals surface area contributed by atoms with Gasteiger partial charge in [-0.1, -0.05) is 24.3 Å². The third-order valence-corrected chi connectivity index (χ3v) is 7.06. The summed E-state index contributed by atoms with van der Waals surface area (Å²) < 4.78 is 1.84. The van der Waals surface area contributed by atoms with Crippen molar-refractivity contribution < 1.29 is 15.0 Å². The Bertz CT molecular complexity index is 1570. The van der Waals surface area contributed by atoms with E-state index in [0.717, 1.165) is 33.4 Å². The maximum Gasteiger partial charge on any atom is 0.335 e. The van der Waals surface area contributed by atoms with E-state index in [0.29, 0.717) is 29.4 Å². The summed E-state index contributed by atoms with van der Waals surface area (Å²) in [5.41, 5.74) is 10.4. The number of aromatic hydroxyl groups is 1. The number of fused-ring (bicyclic) bond motifs is 2. The van der Waals surface area contributed by atoms with Gasteiger partial charge in [-0.3, -0.25) is 9.99 Å². The van der Waals surface area contributed by atoms with E-state index in [4.69, 9.17) is 12.2 Å². The van der Waals surface area contributed by atoms with Crippen molar-refractivity contribution in [1.29, 1.82) is 0 Å². The SMILES string of the molecule is C/C(=N\NC(=S)N1CCc2cc(C(=O)O)ccc21)c1c(O)n(-c2ccc(C)c(C)c2)c2ccccc12. The molecular formula is C28H26N4O3S. The molecule has 1 aliphatic rings. The van der Waals surface area contributed by atoms with Gasteiger partial charge in [-0.05, 0) is 92.5 Å². The summed E-state index contributed by atoms with van der Waals surface area (Å²) in [6.45, 7) is 6.58. The van der Waals surface area contributed by atoms with Crippen molar-refractivity contribution in [1.82, 2.24) is 9.99 Å². The predicted molar refractivity (Wildman–Crippen MR) is 147 cm³/mol. The second-order valence-electron chi connectivity index (χ2n) is 8.98. The minimum Gasteiger partial charge on any atom is -0.494 e. The number of para-hydroxylation sites is 1.